The van der Waals surface area contributed by atoms with Crippen molar-refractivity contribution in [1.82, 2.24) is 0 Å². The van der Waals surface area contributed by atoms with Gasteiger partial charge in [0.15, 0.2) is 5.78 Å². The van der Waals surface area contributed by atoms with Gasteiger partial charge < -0.3 is 0 Å². The summed E-state index contributed by atoms with van der Waals surface area (Å²) in [6, 6.07) is 8.05. The van der Waals surface area contributed by atoms with Crippen LogP contribution >= 0.6 is 22.6 Å². The predicted molar refractivity (Wildman–Crippen MR) is 66.0 cm³/mol. The Bertz CT molecular complexity index is 393. The molecule has 1 aromatic rings. The molecule has 0 radical (unpaired) electrons. The van der Waals surface area contributed by atoms with E-state index < -0.39 is 0 Å². The van der Waals surface area contributed by atoms with Crippen molar-refractivity contribution in [3.05, 3.63) is 39.5 Å². The average molecular weight is 298 g/mol. The van der Waals surface area contributed by atoms with Gasteiger partial charge in [-0.15, -0.1) is 0 Å². The molecule has 0 unspecified atom stereocenters. The minimum atomic E-state index is 0.292. The highest BCUT2D eigenvalue weighted by atomic mass is 127. The number of hydrogen-bond donors (Lipinski definition) is 0. The van der Waals surface area contributed by atoms with E-state index in [1.54, 1.807) is 0 Å². The molecule has 14 heavy (non-hydrogen) atoms. The molecule has 0 heterocycles. The van der Waals surface area contributed by atoms with Crippen LogP contribution in [0.5, 0.6) is 0 Å². The lowest BCUT2D eigenvalue weighted by Gasteiger charge is -2.12. The van der Waals surface area contributed by atoms with Gasteiger partial charge in [-0.25, -0.2) is 0 Å². The largest absolute Gasteiger partial charge is 0.294 e. The van der Waals surface area contributed by atoms with E-state index in [0.717, 1.165) is 27.5 Å². The third kappa shape index (κ3) is 1.90. The topological polar surface area (TPSA) is 17.1 Å². The molecule has 0 spiro atoms. The standard InChI is InChI=1S/C12H11IO/c13-11-7-3-1-5-9(11)10-6-2-4-8-12(10)14/h1,3,5-7H,2,4,8H2. The maximum absolute atomic E-state index is 11.7. The van der Waals surface area contributed by atoms with Crippen LogP contribution < -0.4 is 0 Å². The molecule has 1 aliphatic rings. The molecule has 2 heteroatoms. The third-order valence-electron chi connectivity index (χ3n) is 2.42. The molecule has 1 aliphatic carbocycles. The summed E-state index contributed by atoms with van der Waals surface area (Å²) in [5.41, 5.74) is 2.01. The van der Waals surface area contributed by atoms with Crippen LogP contribution in [0.3, 0.4) is 0 Å². The Kier molecular flexibility index (Phi) is 3.01. The molecule has 0 bridgehead atoms. The quantitative estimate of drug-likeness (QED) is 0.726. The molecule has 1 aromatic carbocycles. The number of carbonyl (C=O) groups is 1. The lowest BCUT2D eigenvalue weighted by Crippen LogP contribution is -2.06. The zero-order valence-corrected chi connectivity index (χ0v) is 9.95. The first kappa shape index (κ1) is 9.90. The van der Waals surface area contributed by atoms with Gasteiger partial charge in [-0.2, -0.15) is 0 Å². The Labute approximate surface area is 97.3 Å². The fourth-order valence-corrected chi connectivity index (χ4v) is 2.38. The van der Waals surface area contributed by atoms with Gasteiger partial charge in [0.05, 0.1) is 0 Å². The summed E-state index contributed by atoms with van der Waals surface area (Å²) in [6.45, 7) is 0. The first-order valence-electron chi connectivity index (χ1n) is 4.77. The van der Waals surface area contributed by atoms with Crippen molar-refractivity contribution in [3.63, 3.8) is 0 Å². The highest BCUT2D eigenvalue weighted by Gasteiger charge is 2.16. The number of hydrogen-bond acceptors (Lipinski definition) is 1. The van der Waals surface area contributed by atoms with Crippen LogP contribution in [-0.4, -0.2) is 5.78 Å². The van der Waals surface area contributed by atoms with E-state index in [0.29, 0.717) is 12.2 Å². The van der Waals surface area contributed by atoms with Crippen molar-refractivity contribution in [2.24, 2.45) is 0 Å². The maximum Gasteiger partial charge on any atom is 0.163 e. The molecule has 0 atom stereocenters. The Morgan fingerprint density at radius 1 is 1.21 bits per heavy atom. The SMILES string of the molecule is O=C1CCCC=C1c1ccccc1I. The van der Waals surface area contributed by atoms with Crippen molar-refractivity contribution in [3.8, 4) is 0 Å². The van der Waals surface area contributed by atoms with Gasteiger partial charge in [0.1, 0.15) is 0 Å². The normalized spacial score (nSPS) is 16.6. The van der Waals surface area contributed by atoms with Crippen LogP contribution in [0.2, 0.25) is 0 Å². The summed E-state index contributed by atoms with van der Waals surface area (Å²) in [7, 11) is 0. The highest BCUT2D eigenvalue weighted by Crippen LogP contribution is 2.27. The van der Waals surface area contributed by atoms with Crippen molar-refractivity contribution in [2.45, 2.75) is 19.3 Å². The summed E-state index contributed by atoms with van der Waals surface area (Å²) in [5.74, 6) is 0.292. The molecule has 0 saturated carbocycles. The zero-order valence-electron chi connectivity index (χ0n) is 7.79. The van der Waals surface area contributed by atoms with Crippen LogP contribution in [0.1, 0.15) is 24.8 Å². The number of halogens is 1. The van der Waals surface area contributed by atoms with Crippen molar-refractivity contribution in [1.29, 1.82) is 0 Å². The first-order valence-corrected chi connectivity index (χ1v) is 5.85. The molecule has 0 amide bonds. The summed E-state index contributed by atoms with van der Waals surface area (Å²) in [5, 5.41) is 0. The molecule has 0 aliphatic heterocycles. The van der Waals surface area contributed by atoms with Crippen LogP contribution in [0, 0.1) is 3.57 Å². The monoisotopic (exact) mass is 298 g/mol. The van der Waals surface area contributed by atoms with Gasteiger partial charge in [0, 0.05) is 15.6 Å². The van der Waals surface area contributed by atoms with E-state index in [2.05, 4.69) is 28.7 Å². The molecule has 0 N–H and O–H groups in total. The first-order chi connectivity index (χ1) is 6.79. The Hall–Kier alpha value is -0.640. The van der Waals surface area contributed by atoms with Crippen LogP contribution in [0.25, 0.3) is 5.57 Å². The Morgan fingerprint density at radius 2 is 2.00 bits per heavy atom. The summed E-state index contributed by atoms with van der Waals surface area (Å²) in [6.07, 6.45) is 4.82. The number of benzene rings is 1. The van der Waals surface area contributed by atoms with Gasteiger partial charge in [-0.05, 0) is 47.1 Å². The van der Waals surface area contributed by atoms with Gasteiger partial charge in [-0.1, -0.05) is 24.3 Å². The van der Waals surface area contributed by atoms with Crippen molar-refractivity contribution < 1.29 is 4.79 Å². The van der Waals surface area contributed by atoms with Gasteiger partial charge in [0.25, 0.3) is 0 Å². The van der Waals surface area contributed by atoms with E-state index in [9.17, 15) is 4.79 Å². The van der Waals surface area contributed by atoms with E-state index in [1.165, 1.54) is 0 Å². The fraction of sp³-hybridized carbons (Fsp3) is 0.250. The van der Waals surface area contributed by atoms with Gasteiger partial charge in [-0.3, -0.25) is 4.79 Å². The number of Topliss-reactive ketones (excluding diaryl/α,β-unsaturated/α-hetero) is 1. The summed E-state index contributed by atoms with van der Waals surface area (Å²) < 4.78 is 1.16. The third-order valence-corrected chi connectivity index (χ3v) is 3.36. The van der Waals surface area contributed by atoms with E-state index in [4.69, 9.17) is 0 Å². The molecule has 0 saturated heterocycles. The second-order valence-electron chi connectivity index (χ2n) is 3.41. The molecular formula is C12H11IO. The predicted octanol–water partition coefficient (Wildman–Crippen LogP) is 3.43. The van der Waals surface area contributed by atoms with E-state index in [-0.39, 0.29) is 0 Å². The summed E-state index contributed by atoms with van der Waals surface area (Å²) in [4.78, 5) is 11.7. The molecule has 1 nitrogen and oxygen atoms in total. The molecular weight excluding hydrogens is 287 g/mol. The minimum absolute atomic E-state index is 0.292. The van der Waals surface area contributed by atoms with Crippen molar-refractivity contribution in [2.75, 3.05) is 0 Å². The summed E-state index contributed by atoms with van der Waals surface area (Å²) >= 11 is 2.28. The van der Waals surface area contributed by atoms with Crippen LogP contribution in [0.4, 0.5) is 0 Å². The minimum Gasteiger partial charge on any atom is -0.294 e. The Morgan fingerprint density at radius 3 is 2.71 bits per heavy atom. The highest BCUT2D eigenvalue weighted by molar-refractivity contribution is 14.1. The van der Waals surface area contributed by atoms with Gasteiger partial charge in [0.2, 0.25) is 0 Å². The Balaban J connectivity index is 2.44. The second kappa shape index (κ2) is 4.26. The van der Waals surface area contributed by atoms with E-state index >= 15 is 0 Å². The number of carbonyl (C=O) groups excluding carboxylic acids is 1. The van der Waals surface area contributed by atoms with Crippen LogP contribution in [0.15, 0.2) is 30.3 Å². The molecule has 0 aromatic heterocycles. The smallest absolute Gasteiger partial charge is 0.163 e. The number of allylic oxidation sites excluding steroid dienone is 2. The van der Waals surface area contributed by atoms with Crippen LogP contribution in [-0.2, 0) is 4.79 Å². The second-order valence-corrected chi connectivity index (χ2v) is 4.58. The molecule has 2 rings (SSSR count). The molecule has 72 valence electrons. The average Bonchev–Trinajstić information content (AvgIpc) is 2.20. The lowest BCUT2D eigenvalue weighted by molar-refractivity contribution is -0.114. The number of rotatable bonds is 1. The number of ketones is 1. The van der Waals surface area contributed by atoms with Gasteiger partial charge >= 0.3 is 0 Å². The molecule has 0 fully saturated rings. The van der Waals surface area contributed by atoms with E-state index in [1.807, 2.05) is 24.3 Å². The van der Waals surface area contributed by atoms with Crippen molar-refractivity contribution >= 4 is 33.9 Å². The fourth-order valence-electron chi connectivity index (χ4n) is 1.70. The lowest BCUT2D eigenvalue weighted by atomic mass is 9.93. The maximum atomic E-state index is 11.7. The zero-order chi connectivity index (χ0) is 9.97.